The molecule has 1 aliphatic carbocycles. The Morgan fingerprint density at radius 3 is 2.87 bits per heavy atom. The van der Waals surface area contributed by atoms with Crippen molar-refractivity contribution in [3.63, 3.8) is 0 Å². The van der Waals surface area contributed by atoms with Gasteiger partial charge >= 0.3 is 0 Å². The molecule has 0 radical (unpaired) electrons. The van der Waals surface area contributed by atoms with Crippen LogP contribution in [-0.2, 0) is 6.54 Å². The first kappa shape index (κ1) is 11.0. The zero-order chi connectivity index (χ0) is 10.5. The minimum absolute atomic E-state index is 0.686. The van der Waals surface area contributed by atoms with Crippen molar-refractivity contribution < 1.29 is 0 Å². The van der Waals surface area contributed by atoms with Crippen LogP contribution in [0.3, 0.4) is 0 Å². The molecule has 1 aromatic heterocycles. The third kappa shape index (κ3) is 2.75. The molecular weight excluding hydrogens is 206 g/mol. The average molecular weight is 225 g/mol. The van der Waals surface area contributed by atoms with Gasteiger partial charge in [0.05, 0.1) is 10.6 Å². The van der Waals surface area contributed by atoms with Crippen LogP contribution in [0.25, 0.3) is 0 Å². The van der Waals surface area contributed by atoms with Crippen LogP contribution < -0.4 is 5.32 Å². The van der Waals surface area contributed by atoms with Crippen molar-refractivity contribution in [1.29, 1.82) is 0 Å². The van der Waals surface area contributed by atoms with E-state index in [9.17, 15) is 0 Å². The summed E-state index contributed by atoms with van der Waals surface area (Å²) in [5, 5.41) is 7.68. The first-order valence-corrected chi connectivity index (χ1v) is 6.71. The van der Waals surface area contributed by atoms with Gasteiger partial charge in [0.25, 0.3) is 0 Å². The summed E-state index contributed by atoms with van der Waals surface area (Å²) in [7, 11) is 0. The molecule has 0 spiro atoms. The number of nitrogens with zero attached hydrogens (tertiary/aromatic N) is 2. The van der Waals surface area contributed by atoms with Gasteiger partial charge in [-0.3, -0.25) is 0 Å². The smallest absolute Gasteiger partial charge is 0.0831 e. The largest absolute Gasteiger partial charge is 0.312 e. The maximum Gasteiger partial charge on any atom is 0.0831 e. The monoisotopic (exact) mass is 225 g/mol. The first-order chi connectivity index (χ1) is 7.42. The fourth-order valence-electron chi connectivity index (χ4n) is 2.26. The van der Waals surface area contributed by atoms with Crippen LogP contribution in [0.15, 0.2) is 0 Å². The van der Waals surface area contributed by atoms with Gasteiger partial charge in [-0.25, -0.2) is 0 Å². The highest BCUT2D eigenvalue weighted by Gasteiger charge is 2.21. The molecule has 1 N–H and O–H groups in total. The van der Waals surface area contributed by atoms with Crippen molar-refractivity contribution >= 4 is 11.5 Å². The van der Waals surface area contributed by atoms with Gasteiger partial charge in [0.2, 0.25) is 0 Å². The minimum atomic E-state index is 0.686. The number of aromatic nitrogens is 2. The summed E-state index contributed by atoms with van der Waals surface area (Å²) < 4.78 is 4.10. The molecule has 1 fully saturated rings. The lowest BCUT2D eigenvalue weighted by Gasteiger charge is -2.20. The fourth-order valence-corrected chi connectivity index (χ4v) is 2.96. The van der Waals surface area contributed by atoms with Gasteiger partial charge in [-0.1, -0.05) is 30.7 Å². The summed E-state index contributed by atoms with van der Waals surface area (Å²) in [6.07, 6.45) is 6.75. The Morgan fingerprint density at radius 2 is 2.13 bits per heavy atom. The van der Waals surface area contributed by atoms with Crippen LogP contribution in [-0.4, -0.2) is 16.1 Å². The van der Waals surface area contributed by atoms with Crippen molar-refractivity contribution in [2.24, 2.45) is 0 Å². The van der Waals surface area contributed by atoms with Gasteiger partial charge < -0.3 is 5.32 Å². The molecule has 1 heterocycles. The van der Waals surface area contributed by atoms with Crippen molar-refractivity contribution in [3.8, 4) is 0 Å². The van der Waals surface area contributed by atoms with Gasteiger partial charge in [-0.15, -0.1) is 5.10 Å². The fraction of sp³-hybridized carbons (Fsp3) is 0.818. The molecule has 0 aromatic carbocycles. The summed E-state index contributed by atoms with van der Waals surface area (Å²) in [5.41, 5.74) is 1.28. The van der Waals surface area contributed by atoms with E-state index in [1.807, 2.05) is 0 Å². The molecule has 4 heteroatoms. The van der Waals surface area contributed by atoms with E-state index < -0.39 is 0 Å². The Morgan fingerprint density at radius 1 is 1.33 bits per heavy atom. The average Bonchev–Trinajstić information content (AvgIpc) is 2.75. The molecule has 0 amide bonds. The summed E-state index contributed by atoms with van der Waals surface area (Å²) in [6.45, 7) is 4.09. The highest BCUT2D eigenvalue weighted by molar-refractivity contribution is 7.05. The van der Waals surface area contributed by atoms with Crippen LogP contribution in [0, 0.1) is 0 Å². The lowest BCUT2D eigenvalue weighted by Crippen LogP contribution is -2.14. The van der Waals surface area contributed by atoms with Gasteiger partial charge in [0.1, 0.15) is 0 Å². The van der Waals surface area contributed by atoms with Crippen molar-refractivity contribution in [3.05, 3.63) is 10.6 Å². The Kier molecular flexibility index (Phi) is 4.09. The molecule has 0 unspecified atom stereocenters. The molecule has 1 aromatic rings. The maximum absolute atomic E-state index is 4.32. The quantitative estimate of drug-likeness (QED) is 0.856. The van der Waals surface area contributed by atoms with Gasteiger partial charge in [-0.05, 0) is 30.9 Å². The predicted octanol–water partition coefficient (Wildman–Crippen LogP) is 2.70. The van der Waals surface area contributed by atoms with Crippen molar-refractivity contribution in [2.45, 2.75) is 51.5 Å². The Bertz CT molecular complexity index is 292. The van der Waals surface area contributed by atoms with Crippen LogP contribution >= 0.6 is 11.5 Å². The highest BCUT2D eigenvalue weighted by atomic mass is 32.1. The van der Waals surface area contributed by atoms with Crippen LogP contribution in [0.1, 0.15) is 55.5 Å². The van der Waals surface area contributed by atoms with E-state index in [0.717, 1.165) is 13.1 Å². The number of nitrogens with one attached hydrogen (secondary N) is 1. The maximum atomic E-state index is 4.32. The van der Waals surface area contributed by atoms with Gasteiger partial charge in [0, 0.05) is 12.5 Å². The number of hydrogen-bond donors (Lipinski definition) is 1. The van der Waals surface area contributed by atoms with Crippen molar-refractivity contribution in [2.75, 3.05) is 6.54 Å². The highest BCUT2D eigenvalue weighted by Crippen LogP contribution is 2.33. The lowest BCUT2D eigenvalue weighted by molar-refractivity contribution is 0.433. The first-order valence-electron chi connectivity index (χ1n) is 5.93. The summed E-state index contributed by atoms with van der Waals surface area (Å²) in [5.74, 6) is 0.686. The standard InChI is InChI=1S/C11H19N3S/c1-2-12-8-10-11(13-14-15-10)9-6-4-3-5-7-9/h9,12H,2-8H2,1H3. The topological polar surface area (TPSA) is 37.8 Å². The molecule has 0 bridgehead atoms. The summed E-state index contributed by atoms with van der Waals surface area (Å²) in [4.78, 5) is 1.35. The predicted molar refractivity (Wildman–Crippen MR) is 63.1 cm³/mol. The Labute approximate surface area is 95.4 Å². The zero-order valence-electron chi connectivity index (χ0n) is 9.33. The van der Waals surface area contributed by atoms with Crippen LogP contribution in [0.4, 0.5) is 0 Å². The molecule has 84 valence electrons. The van der Waals surface area contributed by atoms with Crippen LogP contribution in [0.5, 0.6) is 0 Å². The van der Waals surface area contributed by atoms with E-state index in [1.54, 1.807) is 11.5 Å². The third-order valence-electron chi connectivity index (χ3n) is 3.11. The van der Waals surface area contributed by atoms with E-state index in [1.165, 1.54) is 42.7 Å². The molecule has 2 rings (SSSR count). The molecule has 0 atom stereocenters. The van der Waals surface area contributed by atoms with E-state index >= 15 is 0 Å². The SMILES string of the molecule is CCNCc1snnc1C1CCCCC1. The van der Waals surface area contributed by atoms with E-state index in [2.05, 4.69) is 21.8 Å². The molecule has 3 nitrogen and oxygen atoms in total. The Hall–Kier alpha value is -0.480. The third-order valence-corrected chi connectivity index (χ3v) is 3.85. The molecule has 0 saturated heterocycles. The van der Waals surface area contributed by atoms with Crippen molar-refractivity contribution in [1.82, 2.24) is 14.9 Å². The molecule has 15 heavy (non-hydrogen) atoms. The number of rotatable bonds is 4. The second-order valence-electron chi connectivity index (χ2n) is 4.20. The zero-order valence-corrected chi connectivity index (χ0v) is 10.1. The van der Waals surface area contributed by atoms with Gasteiger partial charge in [-0.2, -0.15) is 0 Å². The normalized spacial score (nSPS) is 18.2. The number of hydrogen-bond acceptors (Lipinski definition) is 4. The second kappa shape index (κ2) is 5.56. The van der Waals surface area contributed by atoms with Crippen LogP contribution in [0.2, 0.25) is 0 Å². The lowest BCUT2D eigenvalue weighted by atomic mass is 9.86. The summed E-state index contributed by atoms with van der Waals surface area (Å²) >= 11 is 1.56. The molecule has 1 aliphatic rings. The summed E-state index contributed by atoms with van der Waals surface area (Å²) in [6, 6.07) is 0. The van der Waals surface area contributed by atoms with E-state index in [-0.39, 0.29) is 0 Å². The molecular formula is C11H19N3S. The molecule has 0 aliphatic heterocycles. The van der Waals surface area contributed by atoms with E-state index in [0.29, 0.717) is 5.92 Å². The minimum Gasteiger partial charge on any atom is -0.312 e. The molecule has 1 saturated carbocycles. The van der Waals surface area contributed by atoms with E-state index in [4.69, 9.17) is 0 Å². The Balaban J connectivity index is 2.02. The second-order valence-corrected chi connectivity index (χ2v) is 5.04. The van der Waals surface area contributed by atoms with Gasteiger partial charge in [0.15, 0.2) is 0 Å².